The number of para-hydroxylation sites is 2. The average Bonchev–Trinajstić information content (AvgIpc) is 3.62. The normalized spacial score (nSPS) is 17.1. The molecule has 1 aromatic heterocycles. The van der Waals surface area contributed by atoms with Gasteiger partial charge in [-0.15, -0.1) is 0 Å². The Kier molecular flexibility index (Phi) is 5.17. The van der Waals surface area contributed by atoms with E-state index in [0.29, 0.717) is 0 Å². The van der Waals surface area contributed by atoms with Crippen LogP contribution >= 0.6 is 0 Å². The Morgan fingerprint density at radius 2 is 1.39 bits per heavy atom. The van der Waals surface area contributed by atoms with Crippen LogP contribution < -0.4 is 4.90 Å². The molecule has 2 heteroatoms. The Bertz CT molecular complexity index is 2220. The van der Waals surface area contributed by atoms with E-state index in [0.717, 1.165) is 46.5 Å². The van der Waals surface area contributed by atoms with E-state index >= 15 is 0 Å². The van der Waals surface area contributed by atoms with Crippen LogP contribution in [0.3, 0.4) is 0 Å². The smallest absolute Gasteiger partial charge is 0.159 e. The van der Waals surface area contributed by atoms with Crippen molar-refractivity contribution in [3.05, 3.63) is 143 Å². The van der Waals surface area contributed by atoms with Crippen molar-refractivity contribution in [1.29, 1.82) is 0 Å². The van der Waals surface area contributed by atoms with Gasteiger partial charge >= 0.3 is 0 Å². The minimum absolute atomic E-state index is 0.0253. The first-order chi connectivity index (χ1) is 21.4. The summed E-state index contributed by atoms with van der Waals surface area (Å²) < 4.78 is 7.08. The number of hydrogen-bond acceptors (Lipinski definition) is 2. The van der Waals surface area contributed by atoms with Gasteiger partial charge in [0.2, 0.25) is 0 Å². The fourth-order valence-electron chi connectivity index (χ4n) is 8.33. The largest absolute Gasteiger partial charge is 0.453 e. The first-order valence-electron chi connectivity index (χ1n) is 15.8. The number of nitrogens with zero attached hydrogens (tertiary/aromatic N) is 1. The van der Waals surface area contributed by atoms with E-state index in [9.17, 15) is 0 Å². The number of rotatable bonds is 3. The lowest BCUT2D eigenvalue weighted by atomic mass is 9.80. The van der Waals surface area contributed by atoms with Crippen molar-refractivity contribution in [2.24, 2.45) is 0 Å². The topological polar surface area (TPSA) is 16.4 Å². The molecule has 0 saturated heterocycles. The van der Waals surface area contributed by atoms with E-state index in [1.54, 1.807) is 0 Å². The van der Waals surface area contributed by atoms with Crippen LogP contribution in [0.1, 0.15) is 62.8 Å². The van der Waals surface area contributed by atoms with E-state index in [1.807, 2.05) is 0 Å². The summed E-state index contributed by atoms with van der Waals surface area (Å²) in [5.74, 6) is 0. The molecule has 0 amide bonds. The van der Waals surface area contributed by atoms with Crippen molar-refractivity contribution >= 4 is 44.6 Å². The molecule has 5 aromatic carbocycles. The predicted molar refractivity (Wildman–Crippen MR) is 184 cm³/mol. The second-order valence-corrected chi connectivity index (χ2v) is 13.7. The van der Waals surface area contributed by atoms with Gasteiger partial charge < -0.3 is 9.32 Å². The third-order valence-corrected chi connectivity index (χ3v) is 10.5. The highest BCUT2D eigenvalue weighted by Gasteiger charge is 2.40. The maximum Gasteiger partial charge on any atom is 0.159 e. The first-order valence-corrected chi connectivity index (χ1v) is 15.8. The fraction of sp³-hybridized carbons (Fsp3) is 0.190. The van der Waals surface area contributed by atoms with Gasteiger partial charge in [0.15, 0.2) is 5.58 Å². The van der Waals surface area contributed by atoms with Crippen molar-refractivity contribution in [2.45, 2.75) is 51.4 Å². The summed E-state index contributed by atoms with van der Waals surface area (Å²) in [6.45, 7) is 9.41. The van der Waals surface area contributed by atoms with E-state index < -0.39 is 0 Å². The van der Waals surface area contributed by atoms with Crippen LogP contribution in [-0.4, -0.2) is 0 Å². The minimum atomic E-state index is -0.0805. The SMILES string of the molecule is CC1(C)C2=C(CCC=C2)c2c1ccc1c2oc2c(N(c3ccccc3)c3ccc4c(c3)C(C)(C)c3ccccc3-4)cccc21. The number of allylic oxidation sites excluding steroid dienone is 4. The molecule has 0 aliphatic heterocycles. The molecule has 3 aliphatic rings. The molecule has 44 heavy (non-hydrogen) atoms. The van der Waals surface area contributed by atoms with Crippen LogP contribution in [-0.2, 0) is 10.8 Å². The van der Waals surface area contributed by atoms with Crippen LogP contribution in [0.4, 0.5) is 17.1 Å². The van der Waals surface area contributed by atoms with Crippen molar-refractivity contribution < 1.29 is 4.42 Å². The van der Waals surface area contributed by atoms with Crippen LogP contribution in [0.15, 0.2) is 125 Å². The van der Waals surface area contributed by atoms with Crippen LogP contribution in [0, 0.1) is 0 Å². The summed E-state index contributed by atoms with van der Waals surface area (Å²) in [6, 6.07) is 37.8. The van der Waals surface area contributed by atoms with E-state index in [4.69, 9.17) is 4.42 Å². The Labute approximate surface area is 259 Å². The molecule has 0 spiro atoms. The maximum absolute atomic E-state index is 7.08. The number of hydrogen-bond donors (Lipinski definition) is 0. The molecule has 214 valence electrons. The zero-order valence-corrected chi connectivity index (χ0v) is 25.7. The van der Waals surface area contributed by atoms with Crippen molar-refractivity contribution in [1.82, 2.24) is 0 Å². The number of furan rings is 1. The van der Waals surface area contributed by atoms with Gasteiger partial charge in [0.25, 0.3) is 0 Å². The third-order valence-electron chi connectivity index (χ3n) is 10.5. The molecule has 0 bridgehead atoms. The number of anilines is 3. The first kappa shape index (κ1) is 25.7. The number of fused-ring (bicyclic) bond motifs is 9. The molecule has 2 nitrogen and oxygen atoms in total. The Hall–Kier alpha value is -4.82. The fourth-order valence-corrected chi connectivity index (χ4v) is 8.33. The molecule has 6 aromatic rings. The molecule has 0 saturated carbocycles. The quantitative estimate of drug-likeness (QED) is 0.211. The van der Waals surface area contributed by atoms with Gasteiger partial charge in [-0.3, -0.25) is 0 Å². The zero-order valence-electron chi connectivity index (χ0n) is 25.7. The van der Waals surface area contributed by atoms with Crippen LogP contribution in [0.5, 0.6) is 0 Å². The van der Waals surface area contributed by atoms with Gasteiger partial charge in [0.1, 0.15) is 5.58 Å². The lowest BCUT2D eigenvalue weighted by molar-refractivity contribution is 0.644. The summed E-state index contributed by atoms with van der Waals surface area (Å²) >= 11 is 0. The molecular formula is C42H35NO. The highest BCUT2D eigenvalue weighted by molar-refractivity contribution is 6.14. The summed E-state index contributed by atoms with van der Waals surface area (Å²) in [7, 11) is 0. The van der Waals surface area contributed by atoms with E-state index in [2.05, 4.69) is 148 Å². The molecule has 0 fully saturated rings. The minimum Gasteiger partial charge on any atom is -0.453 e. The predicted octanol–water partition coefficient (Wildman–Crippen LogP) is 11.8. The second-order valence-electron chi connectivity index (χ2n) is 13.7. The van der Waals surface area contributed by atoms with Gasteiger partial charge in [-0.2, -0.15) is 0 Å². The average molecular weight is 570 g/mol. The second kappa shape index (κ2) is 8.86. The molecule has 0 N–H and O–H groups in total. The molecule has 0 atom stereocenters. The molecular weight excluding hydrogens is 534 g/mol. The Balaban J connectivity index is 1.29. The van der Waals surface area contributed by atoms with E-state index in [-0.39, 0.29) is 10.8 Å². The van der Waals surface area contributed by atoms with Gasteiger partial charge in [-0.25, -0.2) is 0 Å². The van der Waals surface area contributed by atoms with Gasteiger partial charge in [-0.05, 0) is 82.1 Å². The summed E-state index contributed by atoms with van der Waals surface area (Å²) in [5.41, 5.74) is 16.2. The van der Waals surface area contributed by atoms with Crippen molar-refractivity contribution in [2.75, 3.05) is 4.90 Å². The molecule has 0 radical (unpaired) electrons. The highest BCUT2D eigenvalue weighted by Crippen LogP contribution is 2.55. The van der Waals surface area contributed by atoms with Gasteiger partial charge in [-0.1, -0.05) is 113 Å². The lowest BCUT2D eigenvalue weighted by Gasteiger charge is -2.28. The Morgan fingerprint density at radius 1 is 0.614 bits per heavy atom. The standard InChI is InChI=1S/C42H35NO/c1-41(2)34-19-11-9-16-32(34)38-35(41)24-23-31-30-17-12-20-37(39(30)44-40(31)38)43(26-13-6-5-7-14-26)27-21-22-29-28-15-8-10-18-33(28)42(3,4)36(29)25-27/h5-8,10-15,17-25H,9,16H2,1-4H3. The summed E-state index contributed by atoms with van der Waals surface area (Å²) in [5, 5.41) is 2.35. The number of benzene rings is 5. The zero-order chi connectivity index (χ0) is 29.8. The van der Waals surface area contributed by atoms with Crippen molar-refractivity contribution in [3.8, 4) is 11.1 Å². The summed E-state index contributed by atoms with van der Waals surface area (Å²) in [6.07, 6.45) is 6.82. The molecule has 3 aliphatic carbocycles. The van der Waals surface area contributed by atoms with Gasteiger partial charge in [0, 0.05) is 38.5 Å². The third kappa shape index (κ3) is 3.31. The Morgan fingerprint density at radius 3 is 2.25 bits per heavy atom. The van der Waals surface area contributed by atoms with Crippen LogP contribution in [0.2, 0.25) is 0 Å². The monoisotopic (exact) mass is 569 g/mol. The highest BCUT2D eigenvalue weighted by atomic mass is 16.3. The van der Waals surface area contributed by atoms with Crippen LogP contribution in [0.25, 0.3) is 38.6 Å². The maximum atomic E-state index is 7.08. The molecule has 0 unspecified atom stereocenters. The van der Waals surface area contributed by atoms with Crippen molar-refractivity contribution in [3.63, 3.8) is 0 Å². The lowest BCUT2D eigenvalue weighted by Crippen LogP contribution is -2.16. The summed E-state index contributed by atoms with van der Waals surface area (Å²) in [4.78, 5) is 2.38. The molecule has 1 heterocycles. The molecule has 9 rings (SSSR count). The van der Waals surface area contributed by atoms with Gasteiger partial charge in [0.05, 0.1) is 5.69 Å². The van der Waals surface area contributed by atoms with E-state index in [1.165, 1.54) is 49.9 Å².